The molecule has 1 fully saturated rings. The summed E-state index contributed by atoms with van der Waals surface area (Å²) in [5.74, 6) is 0. The Morgan fingerprint density at radius 2 is 1.61 bits per heavy atom. The second-order valence-electron chi connectivity index (χ2n) is 4.39. The number of benzene rings is 1. The van der Waals surface area contributed by atoms with E-state index in [1.807, 2.05) is 0 Å². The second-order valence-corrected chi connectivity index (χ2v) is 8.07. The number of halogens is 2. The molecule has 2 rings (SSSR count). The number of sulfonamides is 1. The van der Waals surface area contributed by atoms with Crippen molar-refractivity contribution in [2.45, 2.75) is 30.6 Å². The van der Waals surface area contributed by atoms with Crippen LogP contribution in [-0.4, -0.2) is 25.8 Å². The molecule has 0 amide bonds. The lowest BCUT2D eigenvalue weighted by Gasteiger charge is -2.20. The van der Waals surface area contributed by atoms with Crippen LogP contribution in [0.25, 0.3) is 0 Å². The van der Waals surface area contributed by atoms with Gasteiger partial charge in [0.15, 0.2) is 0 Å². The van der Waals surface area contributed by atoms with E-state index in [1.54, 1.807) is 22.5 Å². The SMILES string of the molecule is O=S(=O)(c1ccc(Br)cc1Br)N1CCCCCC1. The highest BCUT2D eigenvalue weighted by Crippen LogP contribution is 2.29. The van der Waals surface area contributed by atoms with Gasteiger partial charge in [-0.25, -0.2) is 8.42 Å². The monoisotopic (exact) mass is 395 g/mol. The maximum absolute atomic E-state index is 12.6. The highest BCUT2D eigenvalue weighted by Gasteiger charge is 2.26. The lowest BCUT2D eigenvalue weighted by Crippen LogP contribution is -2.32. The summed E-state index contributed by atoms with van der Waals surface area (Å²) >= 11 is 6.67. The smallest absolute Gasteiger partial charge is 0.207 e. The summed E-state index contributed by atoms with van der Waals surface area (Å²) in [6.45, 7) is 1.26. The second kappa shape index (κ2) is 6.03. The molecule has 100 valence electrons. The highest BCUT2D eigenvalue weighted by molar-refractivity contribution is 9.11. The predicted octanol–water partition coefficient (Wildman–Crippen LogP) is 3.78. The zero-order valence-electron chi connectivity index (χ0n) is 9.90. The molecule has 0 aromatic heterocycles. The van der Waals surface area contributed by atoms with E-state index >= 15 is 0 Å². The molecule has 0 radical (unpaired) electrons. The van der Waals surface area contributed by atoms with Gasteiger partial charge in [-0.3, -0.25) is 0 Å². The Morgan fingerprint density at radius 1 is 1.00 bits per heavy atom. The molecule has 0 saturated carbocycles. The molecule has 1 heterocycles. The van der Waals surface area contributed by atoms with Crippen molar-refractivity contribution in [1.29, 1.82) is 0 Å². The molecular weight excluding hydrogens is 382 g/mol. The van der Waals surface area contributed by atoms with Crippen molar-refractivity contribution in [2.75, 3.05) is 13.1 Å². The third kappa shape index (κ3) is 3.15. The first-order valence-electron chi connectivity index (χ1n) is 5.97. The molecule has 0 bridgehead atoms. The molecule has 1 aromatic carbocycles. The van der Waals surface area contributed by atoms with E-state index in [-0.39, 0.29) is 0 Å². The third-order valence-corrected chi connectivity index (χ3v) is 6.45. The fourth-order valence-electron chi connectivity index (χ4n) is 2.11. The summed E-state index contributed by atoms with van der Waals surface area (Å²) in [5.41, 5.74) is 0. The molecule has 0 unspecified atom stereocenters. The number of rotatable bonds is 2. The zero-order chi connectivity index (χ0) is 13.2. The van der Waals surface area contributed by atoms with Crippen LogP contribution in [0.5, 0.6) is 0 Å². The van der Waals surface area contributed by atoms with Crippen LogP contribution < -0.4 is 0 Å². The van der Waals surface area contributed by atoms with Gasteiger partial charge in [-0.05, 0) is 47.0 Å². The van der Waals surface area contributed by atoms with E-state index < -0.39 is 10.0 Å². The third-order valence-electron chi connectivity index (χ3n) is 3.08. The van der Waals surface area contributed by atoms with Crippen LogP contribution in [0.15, 0.2) is 32.0 Å². The van der Waals surface area contributed by atoms with Crippen molar-refractivity contribution in [3.05, 3.63) is 27.1 Å². The van der Waals surface area contributed by atoms with Crippen LogP contribution in [0.1, 0.15) is 25.7 Å². The van der Waals surface area contributed by atoms with E-state index in [4.69, 9.17) is 0 Å². The first-order valence-corrected chi connectivity index (χ1v) is 8.99. The summed E-state index contributed by atoms with van der Waals surface area (Å²) in [5, 5.41) is 0. The van der Waals surface area contributed by atoms with Crippen molar-refractivity contribution in [3.63, 3.8) is 0 Å². The van der Waals surface area contributed by atoms with Crippen molar-refractivity contribution in [1.82, 2.24) is 4.31 Å². The van der Waals surface area contributed by atoms with Crippen molar-refractivity contribution in [3.8, 4) is 0 Å². The van der Waals surface area contributed by atoms with E-state index in [2.05, 4.69) is 31.9 Å². The molecule has 0 spiro atoms. The van der Waals surface area contributed by atoms with Crippen LogP contribution in [-0.2, 0) is 10.0 Å². The topological polar surface area (TPSA) is 37.4 Å². The summed E-state index contributed by atoms with van der Waals surface area (Å²) in [4.78, 5) is 0.354. The molecule has 1 aromatic rings. The fourth-order valence-corrected chi connectivity index (χ4v) is 5.33. The van der Waals surface area contributed by atoms with E-state index in [0.29, 0.717) is 22.5 Å². The Balaban J connectivity index is 2.34. The molecule has 0 N–H and O–H groups in total. The molecule has 1 aliphatic rings. The minimum atomic E-state index is -3.37. The summed E-state index contributed by atoms with van der Waals surface area (Å²) in [6, 6.07) is 5.18. The van der Waals surface area contributed by atoms with E-state index in [0.717, 1.165) is 30.2 Å². The van der Waals surface area contributed by atoms with Crippen molar-refractivity contribution < 1.29 is 8.42 Å². The van der Waals surface area contributed by atoms with Gasteiger partial charge in [-0.15, -0.1) is 0 Å². The van der Waals surface area contributed by atoms with Crippen molar-refractivity contribution in [2.24, 2.45) is 0 Å². The Labute approximate surface area is 125 Å². The van der Waals surface area contributed by atoms with Crippen LogP contribution in [0.4, 0.5) is 0 Å². The molecular formula is C12H15Br2NO2S. The minimum Gasteiger partial charge on any atom is -0.207 e. The van der Waals surface area contributed by atoms with E-state index in [1.165, 1.54) is 0 Å². The molecule has 18 heavy (non-hydrogen) atoms. The first-order chi connectivity index (χ1) is 8.51. The first kappa shape index (κ1) is 14.5. The molecule has 3 nitrogen and oxygen atoms in total. The van der Waals surface area contributed by atoms with Gasteiger partial charge in [0.05, 0.1) is 4.90 Å². The summed E-state index contributed by atoms with van der Waals surface area (Å²) in [7, 11) is -3.37. The van der Waals surface area contributed by atoms with Crippen LogP contribution >= 0.6 is 31.9 Å². The van der Waals surface area contributed by atoms with Gasteiger partial charge in [0.25, 0.3) is 0 Å². The Bertz CT molecular complexity index is 523. The van der Waals surface area contributed by atoms with Crippen LogP contribution in [0, 0.1) is 0 Å². The lowest BCUT2D eigenvalue weighted by atomic mass is 10.2. The van der Waals surface area contributed by atoms with Gasteiger partial charge < -0.3 is 0 Å². The average Bonchev–Trinajstić information content (AvgIpc) is 2.57. The maximum atomic E-state index is 12.6. The average molecular weight is 397 g/mol. The van der Waals surface area contributed by atoms with Gasteiger partial charge in [0.2, 0.25) is 10.0 Å². The number of hydrogen-bond acceptors (Lipinski definition) is 2. The van der Waals surface area contributed by atoms with E-state index in [9.17, 15) is 8.42 Å². The minimum absolute atomic E-state index is 0.354. The van der Waals surface area contributed by atoms with Crippen LogP contribution in [0.3, 0.4) is 0 Å². The Hall–Kier alpha value is 0.0900. The zero-order valence-corrected chi connectivity index (χ0v) is 13.9. The predicted molar refractivity (Wildman–Crippen MR) is 79.1 cm³/mol. The number of nitrogens with zero attached hydrogens (tertiary/aromatic N) is 1. The molecule has 0 atom stereocenters. The Kier molecular flexibility index (Phi) is 4.86. The van der Waals surface area contributed by atoms with Gasteiger partial charge >= 0.3 is 0 Å². The summed E-state index contributed by atoms with van der Waals surface area (Å²) in [6.07, 6.45) is 4.14. The molecule has 1 saturated heterocycles. The standard InChI is InChI=1S/C12H15Br2NO2S/c13-10-5-6-12(11(14)9-10)18(16,17)15-7-3-1-2-4-8-15/h5-6,9H,1-4,7-8H2. The molecule has 0 aliphatic carbocycles. The van der Waals surface area contributed by atoms with Gasteiger partial charge in [-0.1, -0.05) is 28.8 Å². The van der Waals surface area contributed by atoms with Gasteiger partial charge in [0, 0.05) is 22.0 Å². The molecule has 1 aliphatic heterocycles. The fraction of sp³-hybridized carbons (Fsp3) is 0.500. The normalized spacial score (nSPS) is 18.6. The van der Waals surface area contributed by atoms with Gasteiger partial charge in [0.1, 0.15) is 0 Å². The largest absolute Gasteiger partial charge is 0.244 e. The lowest BCUT2D eigenvalue weighted by molar-refractivity contribution is 0.423. The Morgan fingerprint density at radius 3 is 2.17 bits per heavy atom. The summed E-state index contributed by atoms with van der Waals surface area (Å²) < 4.78 is 28.2. The highest BCUT2D eigenvalue weighted by atomic mass is 79.9. The van der Waals surface area contributed by atoms with Gasteiger partial charge in [-0.2, -0.15) is 4.31 Å². The number of hydrogen-bond donors (Lipinski definition) is 0. The van der Waals surface area contributed by atoms with Crippen LogP contribution in [0.2, 0.25) is 0 Å². The maximum Gasteiger partial charge on any atom is 0.244 e. The molecule has 6 heteroatoms. The quantitative estimate of drug-likeness (QED) is 0.762. The van der Waals surface area contributed by atoms with Crippen molar-refractivity contribution >= 4 is 41.9 Å².